The summed E-state index contributed by atoms with van der Waals surface area (Å²) < 4.78 is 39.6. The first-order chi connectivity index (χ1) is 7.59. The lowest BCUT2D eigenvalue weighted by Crippen LogP contribution is -2.22. The van der Waals surface area contributed by atoms with E-state index in [4.69, 9.17) is 5.73 Å². The molecule has 2 N–H and O–H groups in total. The highest BCUT2D eigenvalue weighted by Gasteiger charge is 2.28. The zero-order chi connectivity index (χ0) is 11.7. The van der Waals surface area contributed by atoms with Crippen LogP contribution in [0.3, 0.4) is 0 Å². The van der Waals surface area contributed by atoms with Gasteiger partial charge in [-0.15, -0.1) is 0 Å². The second-order valence-electron chi connectivity index (χ2n) is 4.35. The van der Waals surface area contributed by atoms with Crippen LogP contribution >= 0.6 is 0 Å². The van der Waals surface area contributed by atoms with Crippen molar-refractivity contribution in [2.45, 2.75) is 31.7 Å². The van der Waals surface area contributed by atoms with Crippen LogP contribution in [0.25, 0.3) is 0 Å². The van der Waals surface area contributed by atoms with Gasteiger partial charge in [-0.1, -0.05) is 12.8 Å². The van der Waals surface area contributed by atoms with Crippen molar-refractivity contribution in [3.8, 4) is 0 Å². The maximum absolute atomic E-state index is 13.5. The number of hydrogen-bond acceptors (Lipinski definition) is 1. The topological polar surface area (TPSA) is 26.0 Å². The van der Waals surface area contributed by atoms with Crippen LogP contribution < -0.4 is 5.73 Å². The maximum atomic E-state index is 13.5. The van der Waals surface area contributed by atoms with Crippen LogP contribution in [-0.4, -0.2) is 0 Å². The van der Waals surface area contributed by atoms with E-state index in [0.717, 1.165) is 25.7 Å². The number of halogens is 3. The molecule has 1 nitrogen and oxygen atoms in total. The summed E-state index contributed by atoms with van der Waals surface area (Å²) in [6.45, 7) is 0. The second-order valence-corrected chi connectivity index (χ2v) is 4.35. The Labute approximate surface area is 92.5 Å². The van der Waals surface area contributed by atoms with Gasteiger partial charge in [0.15, 0.2) is 0 Å². The summed E-state index contributed by atoms with van der Waals surface area (Å²) in [7, 11) is 0. The summed E-state index contributed by atoms with van der Waals surface area (Å²) in [5.74, 6) is -2.55. The smallest absolute Gasteiger partial charge is 0.133 e. The molecule has 0 unspecified atom stereocenters. The quantitative estimate of drug-likeness (QED) is 0.827. The molecule has 1 aliphatic rings. The summed E-state index contributed by atoms with van der Waals surface area (Å²) >= 11 is 0. The molecule has 0 spiro atoms. The van der Waals surface area contributed by atoms with E-state index in [0.29, 0.717) is 12.1 Å². The lowest BCUT2D eigenvalue weighted by Gasteiger charge is -2.20. The summed E-state index contributed by atoms with van der Waals surface area (Å²) in [5.41, 5.74) is 5.68. The Balaban J connectivity index is 2.31. The summed E-state index contributed by atoms with van der Waals surface area (Å²) in [6.07, 6.45) is 3.86. The van der Waals surface area contributed by atoms with E-state index in [1.54, 1.807) is 0 Å². The Bertz CT molecular complexity index is 363. The molecule has 1 atom stereocenters. The zero-order valence-corrected chi connectivity index (χ0v) is 8.85. The molecule has 0 bridgehead atoms. The van der Waals surface area contributed by atoms with E-state index in [2.05, 4.69) is 0 Å². The molecule has 16 heavy (non-hydrogen) atoms. The minimum absolute atomic E-state index is 0.106. The average molecular weight is 229 g/mol. The Morgan fingerprint density at radius 2 is 1.56 bits per heavy atom. The van der Waals surface area contributed by atoms with Gasteiger partial charge in [-0.25, -0.2) is 13.2 Å². The van der Waals surface area contributed by atoms with Crippen molar-refractivity contribution in [3.05, 3.63) is 35.1 Å². The number of hydrogen-bond donors (Lipinski definition) is 1. The van der Waals surface area contributed by atoms with Crippen molar-refractivity contribution in [2.24, 2.45) is 11.7 Å². The van der Waals surface area contributed by atoms with E-state index in [1.807, 2.05) is 0 Å². The van der Waals surface area contributed by atoms with Gasteiger partial charge >= 0.3 is 0 Å². The highest BCUT2D eigenvalue weighted by atomic mass is 19.1. The Morgan fingerprint density at radius 3 is 2.06 bits per heavy atom. The van der Waals surface area contributed by atoms with Gasteiger partial charge in [0.25, 0.3) is 0 Å². The Morgan fingerprint density at radius 1 is 1.06 bits per heavy atom. The van der Waals surface area contributed by atoms with Crippen molar-refractivity contribution in [3.63, 3.8) is 0 Å². The van der Waals surface area contributed by atoms with Crippen LogP contribution in [0, 0.1) is 23.4 Å². The highest BCUT2D eigenvalue weighted by molar-refractivity contribution is 5.24. The molecule has 1 aromatic rings. The number of benzene rings is 1. The normalized spacial score (nSPS) is 19.0. The third-order valence-electron chi connectivity index (χ3n) is 3.28. The molecule has 88 valence electrons. The van der Waals surface area contributed by atoms with Crippen LogP contribution in [0.1, 0.15) is 37.3 Å². The molecule has 1 aromatic carbocycles. The van der Waals surface area contributed by atoms with Crippen LogP contribution in [0.5, 0.6) is 0 Å². The number of nitrogens with two attached hydrogens (primary N) is 1. The molecule has 4 heteroatoms. The van der Waals surface area contributed by atoms with E-state index < -0.39 is 23.5 Å². The molecule has 0 saturated heterocycles. The average Bonchev–Trinajstić information content (AvgIpc) is 2.67. The minimum atomic E-state index is -0.905. The van der Waals surface area contributed by atoms with Gasteiger partial charge in [-0.3, -0.25) is 0 Å². The second kappa shape index (κ2) is 4.45. The van der Waals surface area contributed by atoms with E-state index in [9.17, 15) is 13.2 Å². The summed E-state index contributed by atoms with van der Waals surface area (Å²) in [4.78, 5) is 0. The van der Waals surface area contributed by atoms with Crippen molar-refractivity contribution < 1.29 is 13.2 Å². The van der Waals surface area contributed by atoms with Crippen LogP contribution in [0.4, 0.5) is 13.2 Å². The predicted molar refractivity (Wildman–Crippen MR) is 55.2 cm³/mol. The molecule has 0 aromatic heterocycles. The van der Waals surface area contributed by atoms with Crippen molar-refractivity contribution >= 4 is 0 Å². The van der Waals surface area contributed by atoms with Gasteiger partial charge in [0.05, 0.1) is 0 Å². The zero-order valence-electron chi connectivity index (χ0n) is 8.85. The SMILES string of the molecule is N[C@H](c1c(F)cc(F)cc1F)C1CCCC1. The van der Waals surface area contributed by atoms with Crippen molar-refractivity contribution in [1.29, 1.82) is 0 Å². The fourth-order valence-electron chi connectivity index (χ4n) is 2.42. The summed E-state index contributed by atoms with van der Waals surface area (Å²) in [6, 6.07) is 0.712. The fourth-order valence-corrected chi connectivity index (χ4v) is 2.42. The Hall–Kier alpha value is -1.03. The maximum Gasteiger partial charge on any atom is 0.133 e. The van der Waals surface area contributed by atoms with E-state index in [-0.39, 0.29) is 11.5 Å². The molecule has 0 amide bonds. The minimum Gasteiger partial charge on any atom is -0.324 e. The standard InChI is InChI=1S/C12H14F3N/c13-8-5-9(14)11(10(15)6-8)12(16)7-3-1-2-4-7/h5-7,12H,1-4,16H2/t12-/m0/s1. The fraction of sp³-hybridized carbons (Fsp3) is 0.500. The molecule has 1 saturated carbocycles. The number of rotatable bonds is 2. The first-order valence-electron chi connectivity index (χ1n) is 5.49. The lowest BCUT2D eigenvalue weighted by molar-refractivity contribution is 0.406. The third kappa shape index (κ3) is 2.07. The first-order valence-corrected chi connectivity index (χ1v) is 5.49. The van der Waals surface area contributed by atoms with Gasteiger partial charge in [0.1, 0.15) is 17.5 Å². The van der Waals surface area contributed by atoms with Crippen molar-refractivity contribution in [1.82, 2.24) is 0 Å². The molecular weight excluding hydrogens is 215 g/mol. The van der Waals surface area contributed by atoms with Crippen LogP contribution in [0.15, 0.2) is 12.1 Å². The van der Waals surface area contributed by atoms with Crippen LogP contribution in [0.2, 0.25) is 0 Å². The predicted octanol–water partition coefficient (Wildman–Crippen LogP) is 3.29. The van der Waals surface area contributed by atoms with E-state index in [1.165, 1.54) is 0 Å². The Kier molecular flexibility index (Phi) is 3.19. The van der Waals surface area contributed by atoms with Gasteiger partial charge in [0, 0.05) is 23.7 Å². The van der Waals surface area contributed by atoms with Gasteiger partial charge in [-0.2, -0.15) is 0 Å². The molecule has 2 rings (SSSR count). The highest BCUT2D eigenvalue weighted by Crippen LogP contribution is 2.36. The first kappa shape index (κ1) is 11.5. The largest absolute Gasteiger partial charge is 0.324 e. The molecule has 1 aliphatic carbocycles. The van der Waals surface area contributed by atoms with E-state index >= 15 is 0 Å². The summed E-state index contributed by atoms with van der Waals surface area (Å²) in [5, 5.41) is 0. The molecule has 0 heterocycles. The van der Waals surface area contributed by atoms with Gasteiger partial charge in [0.2, 0.25) is 0 Å². The lowest BCUT2D eigenvalue weighted by atomic mass is 9.92. The van der Waals surface area contributed by atoms with Gasteiger partial charge < -0.3 is 5.73 Å². The molecule has 0 aliphatic heterocycles. The van der Waals surface area contributed by atoms with Gasteiger partial charge in [-0.05, 0) is 18.8 Å². The molecule has 0 radical (unpaired) electrons. The molecular formula is C12H14F3N. The van der Waals surface area contributed by atoms with Crippen molar-refractivity contribution in [2.75, 3.05) is 0 Å². The monoisotopic (exact) mass is 229 g/mol. The van der Waals surface area contributed by atoms with Crippen LogP contribution in [-0.2, 0) is 0 Å². The molecule has 1 fully saturated rings. The third-order valence-corrected chi connectivity index (χ3v) is 3.28.